The number of likely N-dealkylation sites (tertiary alicyclic amines) is 1. The van der Waals surface area contributed by atoms with Crippen LogP contribution in [0.1, 0.15) is 60.3 Å². The summed E-state index contributed by atoms with van der Waals surface area (Å²) < 4.78 is 5.33. The van der Waals surface area contributed by atoms with Crippen LogP contribution in [-0.2, 0) is 9.53 Å². The fraction of sp³-hybridized carbons (Fsp3) is 0.929. The third kappa shape index (κ3) is 5.07. The van der Waals surface area contributed by atoms with E-state index in [0.717, 1.165) is 6.54 Å². The standard InChI is InChI=1S/C14H27NO2/c1-11-7-6-8-12(2)15(11)10-9-13(16)17-14(3,4)5/h11-12H,6-10H2,1-5H3. The van der Waals surface area contributed by atoms with E-state index in [2.05, 4.69) is 18.7 Å². The maximum atomic E-state index is 11.7. The minimum absolute atomic E-state index is 0.0810. The van der Waals surface area contributed by atoms with E-state index < -0.39 is 0 Å². The van der Waals surface area contributed by atoms with E-state index in [0.29, 0.717) is 18.5 Å². The Kier molecular flexibility index (Phi) is 4.99. The minimum Gasteiger partial charge on any atom is -0.460 e. The topological polar surface area (TPSA) is 29.5 Å². The van der Waals surface area contributed by atoms with Crippen molar-refractivity contribution in [2.24, 2.45) is 0 Å². The van der Waals surface area contributed by atoms with E-state index in [1.807, 2.05) is 20.8 Å². The van der Waals surface area contributed by atoms with Crippen LogP contribution >= 0.6 is 0 Å². The Labute approximate surface area is 106 Å². The third-order valence-corrected chi connectivity index (χ3v) is 3.37. The molecule has 17 heavy (non-hydrogen) atoms. The number of hydrogen-bond acceptors (Lipinski definition) is 3. The molecule has 0 spiro atoms. The van der Waals surface area contributed by atoms with Crippen LogP contribution in [0.5, 0.6) is 0 Å². The summed E-state index contributed by atoms with van der Waals surface area (Å²) in [5, 5.41) is 0. The van der Waals surface area contributed by atoms with Crippen LogP contribution in [0.15, 0.2) is 0 Å². The number of ether oxygens (including phenoxy) is 1. The van der Waals surface area contributed by atoms with Gasteiger partial charge in [0.15, 0.2) is 0 Å². The zero-order valence-corrected chi connectivity index (χ0v) is 12.0. The monoisotopic (exact) mass is 241 g/mol. The van der Waals surface area contributed by atoms with Gasteiger partial charge in [-0.15, -0.1) is 0 Å². The Bertz CT molecular complexity index is 247. The number of nitrogens with zero attached hydrogens (tertiary/aromatic N) is 1. The van der Waals surface area contributed by atoms with E-state index >= 15 is 0 Å². The lowest BCUT2D eigenvalue weighted by molar-refractivity contribution is -0.155. The summed E-state index contributed by atoms with van der Waals surface area (Å²) in [6.07, 6.45) is 4.31. The van der Waals surface area contributed by atoms with Crippen molar-refractivity contribution in [1.82, 2.24) is 4.90 Å². The molecule has 0 saturated carbocycles. The van der Waals surface area contributed by atoms with Crippen LogP contribution in [0.3, 0.4) is 0 Å². The number of carbonyl (C=O) groups is 1. The minimum atomic E-state index is -0.365. The smallest absolute Gasteiger partial charge is 0.307 e. The first-order valence-corrected chi connectivity index (χ1v) is 6.77. The normalized spacial score (nSPS) is 26.9. The van der Waals surface area contributed by atoms with E-state index in [1.54, 1.807) is 0 Å². The molecule has 100 valence electrons. The summed E-state index contributed by atoms with van der Waals surface area (Å²) in [7, 11) is 0. The van der Waals surface area contributed by atoms with Gasteiger partial charge in [-0.05, 0) is 47.5 Å². The second kappa shape index (κ2) is 5.85. The first-order chi connectivity index (χ1) is 7.79. The molecular weight excluding hydrogens is 214 g/mol. The Morgan fingerprint density at radius 1 is 1.24 bits per heavy atom. The fourth-order valence-electron chi connectivity index (χ4n) is 2.53. The Hall–Kier alpha value is -0.570. The molecule has 1 heterocycles. The summed E-state index contributed by atoms with van der Waals surface area (Å²) >= 11 is 0. The van der Waals surface area contributed by atoms with Crippen molar-refractivity contribution in [3.63, 3.8) is 0 Å². The highest BCUT2D eigenvalue weighted by Crippen LogP contribution is 2.22. The predicted octanol–water partition coefficient (Wildman–Crippen LogP) is 2.98. The lowest BCUT2D eigenvalue weighted by Gasteiger charge is -2.38. The van der Waals surface area contributed by atoms with Crippen LogP contribution in [0.25, 0.3) is 0 Å². The Balaban J connectivity index is 2.36. The quantitative estimate of drug-likeness (QED) is 0.711. The van der Waals surface area contributed by atoms with Crippen molar-refractivity contribution in [2.45, 2.75) is 78.0 Å². The molecule has 0 aromatic heterocycles. The average molecular weight is 241 g/mol. The van der Waals surface area contributed by atoms with Gasteiger partial charge in [0, 0.05) is 18.6 Å². The molecule has 1 aliphatic heterocycles. The molecule has 1 aliphatic rings. The van der Waals surface area contributed by atoms with Gasteiger partial charge in [-0.1, -0.05) is 6.42 Å². The summed E-state index contributed by atoms with van der Waals surface area (Å²) in [5.41, 5.74) is -0.365. The maximum Gasteiger partial charge on any atom is 0.307 e. The molecule has 0 amide bonds. The lowest BCUT2D eigenvalue weighted by Crippen LogP contribution is -2.44. The van der Waals surface area contributed by atoms with Gasteiger partial charge in [0.2, 0.25) is 0 Å². The molecule has 0 bridgehead atoms. The highest BCUT2D eigenvalue weighted by molar-refractivity contribution is 5.70. The molecule has 1 rings (SSSR count). The maximum absolute atomic E-state index is 11.7. The Morgan fingerprint density at radius 3 is 2.24 bits per heavy atom. The van der Waals surface area contributed by atoms with E-state index in [1.165, 1.54) is 19.3 Å². The van der Waals surface area contributed by atoms with Gasteiger partial charge in [-0.25, -0.2) is 0 Å². The number of esters is 1. The van der Waals surface area contributed by atoms with Crippen molar-refractivity contribution < 1.29 is 9.53 Å². The van der Waals surface area contributed by atoms with Crippen molar-refractivity contribution >= 4 is 5.97 Å². The SMILES string of the molecule is CC1CCCC(C)N1CCC(=O)OC(C)(C)C. The summed E-state index contributed by atoms with van der Waals surface area (Å²) in [4.78, 5) is 14.1. The van der Waals surface area contributed by atoms with E-state index in [4.69, 9.17) is 4.74 Å². The molecular formula is C14H27NO2. The second-order valence-electron chi connectivity index (χ2n) is 6.20. The zero-order chi connectivity index (χ0) is 13.1. The summed E-state index contributed by atoms with van der Waals surface area (Å²) in [6, 6.07) is 1.20. The molecule has 2 unspecified atom stereocenters. The van der Waals surface area contributed by atoms with Gasteiger partial charge in [-0.2, -0.15) is 0 Å². The van der Waals surface area contributed by atoms with Crippen LogP contribution in [0, 0.1) is 0 Å². The molecule has 0 aliphatic carbocycles. The number of piperidine rings is 1. The largest absolute Gasteiger partial charge is 0.460 e. The third-order valence-electron chi connectivity index (χ3n) is 3.37. The van der Waals surface area contributed by atoms with Gasteiger partial charge in [0.1, 0.15) is 5.60 Å². The van der Waals surface area contributed by atoms with E-state index in [9.17, 15) is 4.79 Å². The molecule has 0 N–H and O–H groups in total. The zero-order valence-electron chi connectivity index (χ0n) is 12.0. The first-order valence-electron chi connectivity index (χ1n) is 6.77. The van der Waals surface area contributed by atoms with Gasteiger partial charge < -0.3 is 4.74 Å². The lowest BCUT2D eigenvalue weighted by atomic mass is 9.97. The van der Waals surface area contributed by atoms with Crippen molar-refractivity contribution in [2.75, 3.05) is 6.54 Å². The summed E-state index contributed by atoms with van der Waals surface area (Å²) in [5.74, 6) is -0.0810. The number of carbonyl (C=O) groups excluding carboxylic acids is 1. The van der Waals surface area contributed by atoms with Crippen LogP contribution in [0.2, 0.25) is 0 Å². The van der Waals surface area contributed by atoms with Crippen LogP contribution in [0.4, 0.5) is 0 Å². The average Bonchev–Trinajstić information content (AvgIpc) is 2.14. The first kappa shape index (κ1) is 14.5. The molecule has 1 saturated heterocycles. The van der Waals surface area contributed by atoms with Crippen molar-refractivity contribution in [3.8, 4) is 0 Å². The fourth-order valence-corrected chi connectivity index (χ4v) is 2.53. The van der Waals surface area contributed by atoms with Gasteiger partial charge in [-0.3, -0.25) is 9.69 Å². The van der Waals surface area contributed by atoms with Crippen molar-refractivity contribution in [1.29, 1.82) is 0 Å². The molecule has 0 aromatic carbocycles. The molecule has 1 fully saturated rings. The number of rotatable bonds is 3. The molecule has 3 heteroatoms. The van der Waals surface area contributed by atoms with Crippen LogP contribution in [-0.4, -0.2) is 35.1 Å². The summed E-state index contributed by atoms with van der Waals surface area (Å²) in [6.45, 7) is 11.1. The molecule has 3 nitrogen and oxygen atoms in total. The van der Waals surface area contributed by atoms with Gasteiger partial charge in [0.25, 0.3) is 0 Å². The predicted molar refractivity (Wildman–Crippen MR) is 69.9 cm³/mol. The van der Waals surface area contributed by atoms with Crippen LogP contribution < -0.4 is 0 Å². The van der Waals surface area contributed by atoms with Gasteiger partial charge in [0.05, 0.1) is 6.42 Å². The van der Waals surface area contributed by atoms with Crippen molar-refractivity contribution in [3.05, 3.63) is 0 Å². The highest BCUT2D eigenvalue weighted by atomic mass is 16.6. The number of hydrogen-bond donors (Lipinski definition) is 0. The highest BCUT2D eigenvalue weighted by Gasteiger charge is 2.25. The van der Waals surface area contributed by atoms with E-state index in [-0.39, 0.29) is 11.6 Å². The molecule has 0 aromatic rings. The second-order valence-corrected chi connectivity index (χ2v) is 6.20. The van der Waals surface area contributed by atoms with Gasteiger partial charge >= 0.3 is 5.97 Å². The Morgan fingerprint density at radius 2 is 1.76 bits per heavy atom. The molecule has 2 atom stereocenters. The molecule has 0 radical (unpaired) electrons.